The minimum absolute atomic E-state index is 0.117. The molecule has 0 heterocycles. The van der Waals surface area contributed by atoms with Gasteiger partial charge in [-0.2, -0.15) is 0 Å². The number of hydrogen-bond donors (Lipinski definition) is 2. The lowest BCUT2D eigenvalue weighted by Gasteiger charge is -2.22. The van der Waals surface area contributed by atoms with Gasteiger partial charge in [-0.15, -0.1) is 0 Å². The first-order chi connectivity index (χ1) is 5.82. The van der Waals surface area contributed by atoms with E-state index in [0.29, 0.717) is 10.6 Å². The molecule has 0 radical (unpaired) electrons. The summed E-state index contributed by atoms with van der Waals surface area (Å²) in [5.74, 6) is 0.117. The fourth-order valence-corrected chi connectivity index (χ4v) is 2.50. The summed E-state index contributed by atoms with van der Waals surface area (Å²) in [5.41, 5.74) is 5.95. The van der Waals surface area contributed by atoms with Crippen LogP contribution in [0.3, 0.4) is 0 Å². The van der Waals surface area contributed by atoms with Crippen LogP contribution in [-0.2, 0) is 5.54 Å². The van der Waals surface area contributed by atoms with Crippen LogP contribution >= 0.6 is 27.5 Å². The Hall–Kier alpha value is -0.250. The third kappa shape index (κ3) is 2.36. The van der Waals surface area contributed by atoms with Crippen molar-refractivity contribution in [2.24, 2.45) is 5.73 Å². The van der Waals surface area contributed by atoms with Crippen LogP contribution in [0.5, 0.6) is 5.75 Å². The number of phenolic OH excluding ortho intramolecular Hbond substituents is 1. The predicted octanol–water partition coefficient (Wildman–Crippen LogP) is 3.00. The Bertz CT molecular complexity index is 310. The molecule has 0 amide bonds. The monoisotopic (exact) mass is 263 g/mol. The van der Waals surface area contributed by atoms with Crippen molar-refractivity contribution in [2.45, 2.75) is 19.4 Å². The molecule has 0 aliphatic rings. The maximum Gasteiger partial charge on any atom is 0.123 e. The Morgan fingerprint density at radius 3 is 2.38 bits per heavy atom. The standard InChI is InChI=1S/C9H11BrClNO/c1-9(2,12)8-6(10)3-5(11)4-7(8)13/h3-4,13H,12H2,1-2H3. The number of hydrogen-bond acceptors (Lipinski definition) is 2. The third-order valence-corrected chi connectivity index (χ3v) is 2.52. The lowest BCUT2D eigenvalue weighted by atomic mass is 9.95. The molecular weight excluding hydrogens is 253 g/mol. The summed E-state index contributed by atoms with van der Waals surface area (Å²) in [5, 5.41) is 10.1. The molecule has 0 aliphatic carbocycles. The Balaban J connectivity index is 3.38. The predicted molar refractivity (Wildman–Crippen MR) is 58.0 cm³/mol. The molecule has 0 fully saturated rings. The Labute approximate surface area is 90.8 Å². The van der Waals surface area contributed by atoms with E-state index in [1.165, 1.54) is 6.07 Å². The van der Waals surface area contributed by atoms with Gasteiger partial charge in [0, 0.05) is 20.6 Å². The van der Waals surface area contributed by atoms with Crippen LogP contribution in [0.4, 0.5) is 0 Å². The number of benzene rings is 1. The van der Waals surface area contributed by atoms with Gasteiger partial charge in [0.15, 0.2) is 0 Å². The molecule has 4 heteroatoms. The molecule has 0 unspecified atom stereocenters. The highest BCUT2D eigenvalue weighted by atomic mass is 79.9. The van der Waals surface area contributed by atoms with Gasteiger partial charge in [0.05, 0.1) is 0 Å². The quantitative estimate of drug-likeness (QED) is 0.819. The zero-order valence-electron chi connectivity index (χ0n) is 7.44. The second-order valence-electron chi connectivity index (χ2n) is 3.50. The van der Waals surface area contributed by atoms with E-state index < -0.39 is 5.54 Å². The highest BCUT2D eigenvalue weighted by molar-refractivity contribution is 9.10. The highest BCUT2D eigenvalue weighted by Gasteiger charge is 2.22. The number of rotatable bonds is 1. The first-order valence-corrected chi connectivity index (χ1v) is 4.97. The summed E-state index contributed by atoms with van der Waals surface area (Å²) in [6.07, 6.45) is 0. The second-order valence-corrected chi connectivity index (χ2v) is 4.79. The normalized spacial score (nSPS) is 11.8. The van der Waals surface area contributed by atoms with Crippen LogP contribution in [0.15, 0.2) is 16.6 Å². The lowest BCUT2D eigenvalue weighted by molar-refractivity contribution is 0.439. The minimum atomic E-state index is -0.590. The molecule has 13 heavy (non-hydrogen) atoms. The first kappa shape index (κ1) is 10.8. The maximum absolute atomic E-state index is 9.61. The van der Waals surface area contributed by atoms with E-state index in [2.05, 4.69) is 15.9 Å². The number of aromatic hydroxyl groups is 1. The molecule has 1 aromatic rings. The highest BCUT2D eigenvalue weighted by Crippen LogP contribution is 2.36. The van der Waals surface area contributed by atoms with Crippen LogP contribution in [-0.4, -0.2) is 5.11 Å². The molecule has 3 N–H and O–H groups in total. The molecule has 0 atom stereocenters. The van der Waals surface area contributed by atoms with Crippen molar-refractivity contribution in [3.63, 3.8) is 0 Å². The summed E-state index contributed by atoms with van der Waals surface area (Å²) in [6, 6.07) is 3.20. The summed E-state index contributed by atoms with van der Waals surface area (Å²) >= 11 is 9.05. The largest absolute Gasteiger partial charge is 0.508 e. The minimum Gasteiger partial charge on any atom is -0.508 e. The van der Waals surface area contributed by atoms with E-state index in [1.807, 2.05) is 13.8 Å². The summed E-state index contributed by atoms with van der Waals surface area (Å²) in [7, 11) is 0. The van der Waals surface area contributed by atoms with Gasteiger partial charge < -0.3 is 10.8 Å². The van der Waals surface area contributed by atoms with Crippen molar-refractivity contribution >= 4 is 27.5 Å². The Morgan fingerprint density at radius 2 is 2.00 bits per heavy atom. The van der Waals surface area contributed by atoms with Crippen LogP contribution < -0.4 is 5.73 Å². The fourth-order valence-electron chi connectivity index (χ4n) is 1.20. The smallest absolute Gasteiger partial charge is 0.123 e. The van der Waals surface area contributed by atoms with E-state index in [9.17, 15) is 5.11 Å². The molecule has 2 nitrogen and oxygen atoms in total. The van der Waals surface area contributed by atoms with E-state index in [4.69, 9.17) is 17.3 Å². The molecule has 0 spiro atoms. The van der Waals surface area contributed by atoms with Crippen molar-refractivity contribution in [3.05, 3.63) is 27.2 Å². The van der Waals surface area contributed by atoms with Crippen LogP contribution in [0.1, 0.15) is 19.4 Å². The van der Waals surface area contributed by atoms with Gasteiger partial charge in [0.2, 0.25) is 0 Å². The Kier molecular flexibility index (Phi) is 2.90. The molecule has 0 saturated carbocycles. The van der Waals surface area contributed by atoms with Gasteiger partial charge in [-0.25, -0.2) is 0 Å². The number of nitrogens with two attached hydrogens (primary N) is 1. The van der Waals surface area contributed by atoms with Crippen molar-refractivity contribution in [3.8, 4) is 5.75 Å². The molecular formula is C9H11BrClNO. The van der Waals surface area contributed by atoms with Crippen molar-refractivity contribution in [1.29, 1.82) is 0 Å². The lowest BCUT2D eigenvalue weighted by Crippen LogP contribution is -2.29. The van der Waals surface area contributed by atoms with Crippen LogP contribution in [0, 0.1) is 0 Å². The summed E-state index contributed by atoms with van der Waals surface area (Å²) < 4.78 is 0.727. The van der Waals surface area contributed by atoms with Gasteiger partial charge >= 0.3 is 0 Å². The molecule has 0 aliphatic heterocycles. The third-order valence-electron chi connectivity index (χ3n) is 1.68. The SMILES string of the molecule is CC(C)(N)c1c(O)cc(Cl)cc1Br. The number of phenols is 1. The van der Waals surface area contributed by atoms with E-state index in [1.54, 1.807) is 6.07 Å². The molecule has 0 aromatic heterocycles. The zero-order valence-corrected chi connectivity index (χ0v) is 9.78. The summed E-state index contributed by atoms with van der Waals surface area (Å²) in [4.78, 5) is 0. The second kappa shape index (κ2) is 3.48. The van der Waals surface area contributed by atoms with E-state index in [0.717, 1.165) is 4.47 Å². The van der Waals surface area contributed by atoms with Crippen molar-refractivity contribution < 1.29 is 5.11 Å². The van der Waals surface area contributed by atoms with Crippen LogP contribution in [0.2, 0.25) is 5.02 Å². The van der Waals surface area contributed by atoms with Gasteiger partial charge in [0.1, 0.15) is 5.75 Å². The molecule has 0 bridgehead atoms. The van der Waals surface area contributed by atoms with Gasteiger partial charge in [-0.05, 0) is 26.0 Å². The Morgan fingerprint density at radius 1 is 1.46 bits per heavy atom. The van der Waals surface area contributed by atoms with Crippen molar-refractivity contribution in [1.82, 2.24) is 0 Å². The van der Waals surface area contributed by atoms with Gasteiger partial charge in [-0.3, -0.25) is 0 Å². The maximum atomic E-state index is 9.61. The molecule has 1 aromatic carbocycles. The van der Waals surface area contributed by atoms with E-state index >= 15 is 0 Å². The number of halogens is 2. The van der Waals surface area contributed by atoms with Crippen LogP contribution in [0.25, 0.3) is 0 Å². The van der Waals surface area contributed by atoms with Crippen molar-refractivity contribution in [2.75, 3.05) is 0 Å². The van der Waals surface area contributed by atoms with E-state index in [-0.39, 0.29) is 5.75 Å². The average molecular weight is 265 g/mol. The average Bonchev–Trinajstić information content (AvgIpc) is 1.78. The molecule has 72 valence electrons. The first-order valence-electron chi connectivity index (χ1n) is 3.79. The topological polar surface area (TPSA) is 46.2 Å². The van der Waals surface area contributed by atoms with Gasteiger partial charge in [0.25, 0.3) is 0 Å². The molecule has 1 rings (SSSR count). The fraction of sp³-hybridized carbons (Fsp3) is 0.333. The van der Waals surface area contributed by atoms with Gasteiger partial charge in [-0.1, -0.05) is 27.5 Å². The summed E-state index contributed by atoms with van der Waals surface area (Å²) in [6.45, 7) is 3.64. The zero-order chi connectivity index (χ0) is 10.2. The molecule has 0 saturated heterocycles.